The third kappa shape index (κ3) is 4.09. The molecule has 2 aliphatic rings. The molecule has 0 radical (unpaired) electrons. The number of likely N-dealkylation sites (tertiary alicyclic amines) is 1. The summed E-state index contributed by atoms with van der Waals surface area (Å²) in [5, 5.41) is 2.79. The Balaban J connectivity index is 0.00000200. The van der Waals surface area contributed by atoms with Crippen molar-refractivity contribution in [2.45, 2.75) is 49.8 Å². The zero-order valence-electron chi connectivity index (χ0n) is 12.0. The Bertz CT molecular complexity index is 421. The predicted octanol–water partition coefficient (Wildman–Crippen LogP) is 0.976. The maximum Gasteiger partial charge on any atom is 0.238 e. The van der Waals surface area contributed by atoms with Crippen LogP contribution in [0.4, 0.5) is 0 Å². The van der Waals surface area contributed by atoms with Crippen molar-refractivity contribution in [1.82, 2.24) is 10.2 Å². The van der Waals surface area contributed by atoms with Gasteiger partial charge in [-0.1, -0.05) is 12.8 Å². The minimum atomic E-state index is -3.25. The molecule has 1 saturated heterocycles. The van der Waals surface area contributed by atoms with Gasteiger partial charge in [0.2, 0.25) is 5.91 Å². The smallest absolute Gasteiger partial charge is 0.238 e. The van der Waals surface area contributed by atoms with E-state index in [2.05, 4.69) is 5.32 Å². The average Bonchev–Trinajstić information content (AvgIpc) is 2.99. The molecule has 0 bridgehead atoms. The van der Waals surface area contributed by atoms with Gasteiger partial charge < -0.3 is 10.2 Å². The molecule has 1 aliphatic heterocycles. The number of hydrogen-bond donors (Lipinski definition) is 1. The maximum absolute atomic E-state index is 12.2. The molecular formula is C13H25ClN2O3S. The number of nitrogens with zero attached hydrogens (tertiary/aromatic N) is 1. The molecule has 0 aromatic carbocycles. The van der Waals surface area contributed by atoms with Gasteiger partial charge in [0.15, 0.2) is 9.84 Å². The molecule has 1 unspecified atom stereocenters. The first kappa shape index (κ1) is 17.7. The van der Waals surface area contributed by atoms with Gasteiger partial charge in [-0.15, -0.1) is 12.4 Å². The van der Waals surface area contributed by atoms with E-state index in [1.165, 1.54) is 0 Å². The molecule has 1 atom stereocenters. The number of hydrogen-bond acceptors (Lipinski definition) is 4. The molecule has 0 spiro atoms. The van der Waals surface area contributed by atoms with E-state index in [1.807, 2.05) is 7.05 Å². The fourth-order valence-electron chi connectivity index (χ4n) is 3.23. The summed E-state index contributed by atoms with van der Waals surface area (Å²) in [5.41, 5.74) is 0. The second kappa shape index (κ2) is 7.61. The van der Waals surface area contributed by atoms with Crippen LogP contribution >= 0.6 is 12.4 Å². The van der Waals surface area contributed by atoms with E-state index in [0.29, 0.717) is 6.54 Å². The van der Waals surface area contributed by atoms with Gasteiger partial charge in [0, 0.05) is 19.1 Å². The van der Waals surface area contributed by atoms with Crippen LogP contribution in [0.25, 0.3) is 0 Å². The van der Waals surface area contributed by atoms with Crippen molar-refractivity contribution in [2.24, 2.45) is 0 Å². The van der Waals surface area contributed by atoms with Crippen molar-refractivity contribution in [3.05, 3.63) is 0 Å². The second-order valence-electron chi connectivity index (χ2n) is 5.65. The normalized spacial score (nSPS) is 23.9. The zero-order chi connectivity index (χ0) is 13.9. The van der Waals surface area contributed by atoms with Crippen LogP contribution in [0.2, 0.25) is 0 Å². The van der Waals surface area contributed by atoms with Crippen LogP contribution in [0.15, 0.2) is 0 Å². The number of likely N-dealkylation sites (N-methyl/N-ethyl adjacent to an activating group) is 1. The standard InChI is InChI=1S/C13H24N2O3S.ClH/c1-14-9-11-5-4-8-15(11)13(16)10-19(17,18)12-6-2-3-7-12;/h11-12,14H,2-10H2,1H3;1H. The highest BCUT2D eigenvalue weighted by molar-refractivity contribution is 7.92. The Kier molecular flexibility index (Phi) is 6.75. The predicted molar refractivity (Wildman–Crippen MR) is 82.0 cm³/mol. The van der Waals surface area contributed by atoms with Crippen LogP contribution in [0.5, 0.6) is 0 Å². The lowest BCUT2D eigenvalue weighted by atomic mass is 10.2. The van der Waals surface area contributed by atoms with Crippen molar-refractivity contribution < 1.29 is 13.2 Å². The molecule has 1 aliphatic carbocycles. The molecule has 1 amide bonds. The number of carbonyl (C=O) groups is 1. The highest BCUT2D eigenvalue weighted by Crippen LogP contribution is 2.26. The van der Waals surface area contributed by atoms with Crippen LogP contribution in [-0.2, 0) is 14.6 Å². The summed E-state index contributed by atoms with van der Waals surface area (Å²) in [6.07, 6.45) is 5.36. The van der Waals surface area contributed by atoms with E-state index in [-0.39, 0.29) is 35.4 Å². The SMILES string of the molecule is CNCC1CCCN1C(=O)CS(=O)(=O)C1CCCC1.Cl. The molecule has 1 N–H and O–H groups in total. The Morgan fingerprint density at radius 2 is 1.85 bits per heavy atom. The molecular weight excluding hydrogens is 300 g/mol. The molecule has 1 saturated carbocycles. The topological polar surface area (TPSA) is 66.5 Å². The van der Waals surface area contributed by atoms with Gasteiger partial charge in [-0.3, -0.25) is 4.79 Å². The average molecular weight is 325 g/mol. The second-order valence-corrected chi connectivity index (χ2v) is 7.94. The summed E-state index contributed by atoms with van der Waals surface area (Å²) in [6.45, 7) is 1.45. The largest absolute Gasteiger partial charge is 0.338 e. The van der Waals surface area contributed by atoms with E-state index in [9.17, 15) is 13.2 Å². The van der Waals surface area contributed by atoms with Gasteiger partial charge >= 0.3 is 0 Å². The van der Waals surface area contributed by atoms with Crippen LogP contribution in [0.1, 0.15) is 38.5 Å². The number of amides is 1. The van der Waals surface area contributed by atoms with E-state index in [0.717, 1.165) is 45.1 Å². The monoisotopic (exact) mass is 324 g/mol. The minimum Gasteiger partial charge on any atom is -0.338 e. The van der Waals surface area contributed by atoms with Crippen LogP contribution in [0, 0.1) is 0 Å². The summed E-state index contributed by atoms with van der Waals surface area (Å²) < 4.78 is 24.4. The number of halogens is 1. The molecule has 20 heavy (non-hydrogen) atoms. The first-order chi connectivity index (χ1) is 9.04. The van der Waals surface area contributed by atoms with E-state index >= 15 is 0 Å². The van der Waals surface area contributed by atoms with E-state index in [4.69, 9.17) is 0 Å². The van der Waals surface area contributed by atoms with Crippen molar-refractivity contribution in [2.75, 3.05) is 25.9 Å². The molecule has 2 fully saturated rings. The fourth-order valence-corrected chi connectivity index (χ4v) is 5.03. The van der Waals surface area contributed by atoms with Crippen molar-refractivity contribution >= 4 is 28.2 Å². The zero-order valence-corrected chi connectivity index (χ0v) is 13.6. The van der Waals surface area contributed by atoms with Crippen LogP contribution < -0.4 is 5.32 Å². The maximum atomic E-state index is 12.2. The van der Waals surface area contributed by atoms with Crippen molar-refractivity contribution in [1.29, 1.82) is 0 Å². The quantitative estimate of drug-likeness (QED) is 0.818. The highest BCUT2D eigenvalue weighted by Gasteiger charge is 2.35. The Labute approximate surface area is 127 Å². The Hall–Kier alpha value is -0.330. The lowest BCUT2D eigenvalue weighted by Gasteiger charge is -2.25. The Morgan fingerprint density at radius 3 is 2.45 bits per heavy atom. The van der Waals surface area contributed by atoms with Crippen LogP contribution in [0.3, 0.4) is 0 Å². The van der Waals surface area contributed by atoms with Crippen molar-refractivity contribution in [3.63, 3.8) is 0 Å². The van der Waals surface area contributed by atoms with Gasteiger partial charge in [-0.05, 0) is 32.7 Å². The summed E-state index contributed by atoms with van der Waals surface area (Å²) in [4.78, 5) is 14.0. The number of carbonyl (C=O) groups excluding carboxylic acids is 1. The van der Waals surface area contributed by atoms with Gasteiger partial charge in [0.05, 0.1) is 5.25 Å². The third-order valence-electron chi connectivity index (χ3n) is 4.27. The van der Waals surface area contributed by atoms with E-state index in [1.54, 1.807) is 4.90 Å². The van der Waals surface area contributed by atoms with Gasteiger partial charge in [-0.25, -0.2) is 8.42 Å². The minimum absolute atomic E-state index is 0. The molecule has 0 aromatic heterocycles. The summed E-state index contributed by atoms with van der Waals surface area (Å²) >= 11 is 0. The molecule has 0 aromatic rings. The number of sulfone groups is 1. The highest BCUT2D eigenvalue weighted by atomic mass is 35.5. The molecule has 2 rings (SSSR count). The lowest BCUT2D eigenvalue weighted by Crippen LogP contribution is -2.44. The van der Waals surface area contributed by atoms with Crippen LogP contribution in [-0.4, -0.2) is 56.4 Å². The number of rotatable bonds is 5. The summed E-state index contributed by atoms with van der Waals surface area (Å²) in [5.74, 6) is -0.498. The van der Waals surface area contributed by atoms with E-state index < -0.39 is 9.84 Å². The first-order valence-corrected chi connectivity index (χ1v) is 8.92. The lowest BCUT2D eigenvalue weighted by molar-refractivity contribution is -0.129. The third-order valence-corrected chi connectivity index (χ3v) is 6.41. The van der Waals surface area contributed by atoms with Gasteiger partial charge in [-0.2, -0.15) is 0 Å². The van der Waals surface area contributed by atoms with Gasteiger partial charge in [0.25, 0.3) is 0 Å². The fraction of sp³-hybridized carbons (Fsp3) is 0.923. The molecule has 5 nitrogen and oxygen atoms in total. The molecule has 118 valence electrons. The Morgan fingerprint density at radius 1 is 1.20 bits per heavy atom. The molecule has 1 heterocycles. The molecule has 7 heteroatoms. The number of nitrogens with one attached hydrogen (secondary N) is 1. The summed E-state index contributed by atoms with van der Waals surface area (Å²) in [6, 6.07) is 0.163. The first-order valence-electron chi connectivity index (χ1n) is 7.20. The van der Waals surface area contributed by atoms with Gasteiger partial charge in [0.1, 0.15) is 5.75 Å². The van der Waals surface area contributed by atoms with Crippen molar-refractivity contribution in [3.8, 4) is 0 Å². The summed E-state index contributed by atoms with van der Waals surface area (Å²) in [7, 11) is -1.39.